The lowest BCUT2D eigenvalue weighted by atomic mass is 9.50. The van der Waals surface area contributed by atoms with Crippen LogP contribution >= 0.6 is 0 Å². The van der Waals surface area contributed by atoms with Crippen molar-refractivity contribution in [2.45, 2.75) is 166 Å². The molecule has 0 N–H and O–H groups in total. The number of carbonyl (C=O) groups is 1. The van der Waals surface area contributed by atoms with E-state index >= 15 is 0 Å². The molecule has 4 saturated carbocycles. The Morgan fingerprint density at radius 1 is 0.659 bits per heavy atom. The zero-order chi connectivity index (χ0) is 31.2. The average molecular weight is 617 g/mol. The van der Waals surface area contributed by atoms with Crippen LogP contribution in [-0.2, 0) is 28.5 Å². The summed E-state index contributed by atoms with van der Waals surface area (Å²) in [6.07, 6.45) is 23.1. The predicted molar refractivity (Wildman–Crippen MR) is 175 cm³/mol. The largest absolute Gasteiger partial charge is 0.455 e. The van der Waals surface area contributed by atoms with Gasteiger partial charge in [-0.3, -0.25) is 0 Å². The third-order valence-electron chi connectivity index (χ3n) is 11.8. The Kier molecular flexibility index (Phi) is 11.6. The Morgan fingerprint density at radius 2 is 1.09 bits per heavy atom. The topological polar surface area (TPSA) is 63.2 Å². The van der Waals surface area contributed by atoms with Gasteiger partial charge in [-0.15, -0.1) is 0 Å². The van der Waals surface area contributed by atoms with Gasteiger partial charge >= 0.3 is 5.97 Å². The van der Waals surface area contributed by atoms with E-state index in [2.05, 4.69) is 20.4 Å². The maximum Gasteiger partial charge on any atom is 0.333 e. The van der Waals surface area contributed by atoms with Gasteiger partial charge in [-0.2, -0.15) is 0 Å². The molecule has 2 unspecified atom stereocenters. The summed E-state index contributed by atoms with van der Waals surface area (Å²) in [6, 6.07) is 0. The van der Waals surface area contributed by atoms with Crippen LogP contribution in [0, 0.1) is 16.7 Å². The fraction of sp³-hybridized carbons (Fsp3) is 0.921. The smallest absolute Gasteiger partial charge is 0.333 e. The van der Waals surface area contributed by atoms with Crippen molar-refractivity contribution in [1.82, 2.24) is 0 Å². The molecule has 6 heteroatoms. The first-order chi connectivity index (χ1) is 21.2. The zero-order valence-corrected chi connectivity index (χ0v) is 28.6. The number of carbonyl (C=O) groups excluding carboxylic acids is 1. The summed E-state index contributed by atoms with van der Waals surface area (Å²) in [5.74, 6) is 0.232. The molecule has 0 aromatic heterocycles. The summed E-state index contributed by atoms with van der Waals surface area (Å²) in [6.45, 7) is 15.6. The molecule has 4 bridgehead atoms. The van der Waals surface area contributed by atoms with E-state index in [1.807, 2.05) is 0 Å². The molecule has 6 nitrogen and oxygen atoms in total. The van der Waals surface area contributed by atoms with Crippen LogP contribution in [0.5, 0.6) is 0 Å². The molecular weight excluding hydrogens is 552 g/mol. The van der Waals surface area contributed by atoms with Crippen molar-refractivity contribution in [3.05, 3.63) is 12.2 Å². The second-order valence-corrected chi connectivity index (χ2v) is 16.2. The van der Waals surface area contributed by atoms with Crippen molar-refractivity contribution >= 4 is 5.97 Å². The molecule has 2 saturated heterocycles. The van der Waals surface area contributed by atoms with E-state index in [-0.39, 0.29) is 17.2 Å². The Hall–Kier alpha value is -0.950. The minimum atomic E-state index is -0.480. The van der Waals surface area contributed by atoms with Crippen LogP contribution in [0.4, 0.5) is 0 Å². The van der Waals surface area contributed by atoms with E-state index in [9.17, 15) is 4.79 Å². The third kappa shape index (κ3) is 8.30. The van der Waals surface area contributed by atoms with E-state index in [4.69, 9.17) is 23.7 Å². The highest BCUT2D eigenvalue weighted by molar-refractivity contribution is 5.87. The quantitative estimate of drug-likeness (QED) is 0.0688. The van der Waals surface area contributed by atoms with Crippen LogP contribution < -0.4 is 0 Å². The molecule has 0 aromatic rings. The summed E-state index contributed by atoms with van der Waals surface area (Å²) < 4.78 is 31.1. The second kappa shape index (κ2) is 14.9. The lowest BCUT2D eigenvalue weighted by molar-refractivity contribution is -0.283. The molecule has 44 heavy (non-hydrogen) atoms. The van der Waals surface area contributed by atoms with E-state index in [0.29, 0.717) is 22.3 Å². The van der Waals surface area contributed by atoms with E-state index in [0.717, 1.165) is 91.0 Å². The summed E-state index contributed by atoms with van der Waals surface area (Å²) in [5, 5.41) is 0. The van der Waals surface area contributed by atoms with Crippen molar-refractivity contribution in [3.63, 3.8) is 0 Å². The highest BCUT2D eigenvalue weighted by Gasteiger charge is 2.66. The van der Waals surface area contributed by atoms with Crippen molar-refractivity contribution in [2.24, 2.45) is 16.7 Å². The van der Waals surface area contributed by atoms with Crippen LogP contribution in [0.25, 0.3) is 0 Å². The average Bonchev–Trinajstić information content (AvgIpc) is 2.92. The third-order valence-corrected chi connectivity index (χ3v) is 11.8. The van der Waals surface area contributed by atoms with Gasteiger partial charge in [-0.1, -0.05) is 71.8 Å². The van der Waals surface area contributed by atoms with Gasteiger partial charge in [0.2, 0.25) is 0 Å². The summed E-state index contributed by atoms with van der Waals surface area (Å²) >= 11 is 0. The van der Waals surface area contributed by atoms with Gasteiger partial charge in [-0.05, 0) is 70.6 Å². The van der Waals surface area contributed by atoms with E-state index in [1.54, 1.807) is 6.92 Å². The van der Waals surface area contributed by atoms with Gasteiger partial charge in [-0.25, -0.2) is 4.79 Å². The van der Waals surface area contributed by atoms with Crippen molar-refractivity contribution in [3.8, 4) is 0 Å². The predicted octanol–water partition coefficient (Wildman–Crippen LogP) is 8.89. The van der Waals surface area contributed by atoms with Gasteiger partial charge in [0.05, 0.1) is 37.6 Å². The molecule has 0 amide bonds. The van der Waals surface area contributed by atoms with Gasteiger partial charge < -0.3 is 23.7 Å². The first kappa shape index (κ1) is 34.4. The molecule has 0 spiro atoms. The highest BCUT2D eigenvalue weighted by atomic mass is 16.6. The Bertz CT molecular complexity index is 897. The highest BCUT2D eigenvalue weighted by Crippen LogP contribution is 2.63. The maximum atomic E-state index is 12.8. The second-order valence-electron chi connectivity index (χ2n) is 16.2. The molecule has 2 heterocycles. The molecule has 0 aromatic carbocycles. The van der Waals surface area contributed by atoms with Gasteiger partial charge in [0.1, 0.15) is 5.60 Å². The first-order valence-electron chi connectivity index (χ1n) is 18.5. The Balaban J connectivity index is 1.09. The van der Waals surface area contributed by atoms with E-state index < -0.39 is 5.60 Å². The lowest BCUT2D eigenvalue weighted by Gasteiger charge is -2.64. The number of unbranched alkanes of at least 4 members (excludes halogenated alkanes) is 6. The number of esters is 1. The number of hydrogen-bond acceptors (Lipinski definition) is 6. The van der Waals surface area contributed by atoms with Crippen LogP contribution in [-0.4, -0.2) is 62.4 Å². The Morgan fingerprint density at radius 3 is 1.50 bits per heavy atom. The molecule has 6 aliphatic rings. The van der Waals surface area contributed by atoms with Crippen LogP contribution in [0.3, 0.4) is 0 Å². The summed E-state index contributed by atoms with van der Waals surface area (Å²) in [5.41, 5.74) is 0.471. The lowest BCUT2D eigenvalue weighted by Crippen LogP contribution is -2.68. The van der Waals surface area contributed by atoms with Crippen LogP contribution in [0.15, 0.2) is 12.2 Å². The van der Waals surface area contributed by atoms with Gasteiger partial charge in [0.25, 0.3) is 0 Å². The van der Waals surface area contributed by atoms with Crippen LogP contribution in [0.1, 0.15) is 149 Å². The summed E-state index contributed by atoms with van der Waals surface area (Å²) in [7, 11) is 0. The minimum absolute atomic E-state index is 0.234. The minimum Gasteiger partial charge on any atom is -0.455 e. The molecular formula is C38H64O6. The molecule has 0 radical (unpaired) electrons. The van der Waals surface area contributed by atoms with Crippen molar-refractivity contribution in [1.29, 1.82) is 0 Å². The first-order valence-corrected chi connectivity index (χ1v) is 18.5. The molecule has 252 valence electrons. The molecule has 2 aliphatic heterocycles. The molecule has 2 atom stereocenters. The van der Waals surface area contributed by atoms with Gasteiger partial charge in [0.15, 0.2) is 0 Å². The van der Waals surface area contributed by atoms with Crippen molar-refractivity contribution in [2.75, 3.05) is 39.6 Å². The number of ether oxygens (including phenoxy) is 5. The van der Waals surface area contributed by atoms with Crippen molar-refractivity contribution < 1.29 is 28.5 Å². The number of hydrogen-bond donors (Lipinski definition) is 0. The zero-order valence-electron chi connectivity index (χ0n) is 28.6. The molecule has 6 fully saturated rings. The Labute approximate surface area is 268 Å². The standard InChI is InChI=1S/C38H64O6/c1-5-15-34(27-40-28-34)17-11-7-9-13-19-42-36-21-32-22-37(24-36,26-38(23-32,25-36)44-33(39)31(3)4)43-20-14-10-8-12-18-35(16-6-2)29-41-30-35/h32H,3,5-30H2,1-2,4H3. The summed E-state index contributed by atoms with van der Waals surface area (Å²) in [4.78, 5) is 12.8. The molecule has 6 rings (SSSR count). The fourth-order valence-electron chi connectivity index (χ4n) is 10.1. The van der Waals surface area contributed by atoms with E-state index in [1.165, 1.54) is 77.0 Å². The normalized spacial score (nSPS) is 32.7. The number of rotatable bonds is 22. The SMILES string of the molecule is C=C(C)C(=O)OC12CC3CC(OCCCCCCC4(CCC)COC4)(CC(OCCCCCCC4(CCC)COC4)(C3)C1)C2. The maximum absolute atomic E-state index is 12.8. The monoisotopic (exact) mass is 616 g/mol. The molecule has 4 aliphatic carbocycles. The van der Waals surface area contributed by atoms with Crippen LogP contribution in [0.2, 0.25) is 0 Å². The fourth-order valence-corrected chi connectivity index (χ4v) is 10.1. The van der Waals surface area contributed by atoms with Gasteiger partial charge in [0, 0.05) is 48.9 Å².